The number of anilines is 2. The molecule has 40 heavy (non-hydrogen) atoms. The Morgan fingerprint density at radius 3 is 2.58 bits per heavy atom. The maximum absolute atomic E-state index is 12.2. The van der Waals surface area contributed by atoms with Crippen LogP contribution in [0.25, 0.3) is 10.8 Å². The largest absolute Gasteiger partial charge is 0.459 e. The minimum absolute atomic E-state index is 0.0175. The molecular weight excluding hydrogens is 504 g/mol. The fourth-order valence-electron chi connectivity index (χ4n) is 6.02. The number of carbonyl (C=O) groups is 1. The summed E-state index contributed by atoms with van der Waals surface area (Å²) in [6.07, 6.45) is 2.19. The molecule has 6 rings (SSSR count). The lowest BCUT2D eigenvalue weighted by Gasteiger charge is -2.38. The monoisotopic (exact) mass is 542 g/mol. The fourth-order valence-corrected chi connectivity index (χ4v) is 6.02. The first kappa shape index (κ1) is 26.5. The molecule has 3 aliphatic rings. The molecule has 1 amide bonds. The molecule has 0 N–H and O–H groups in total. The van der Waals surface area contributed by atoms with E-state index in [2.05, 4.69) is 70.7 Å². The van der Waals surface area contributed by atoms with Gasteiger partial charge in [-0.25, -0.2) is 0 Å². The molecule has 210 valence electrons. The number of rotatable bonds is 7. The second-order valence-corrected chi connectivity index (χ2v) is 10.8. The topological polar surface area (TPSA) is 74.3 Å². The summed E-state index contributed by atoms with van der Waals surface area (Å²) in [6.45, 7) is 14.2. The van der Waals surface area contributed by atoms with E-state index < -0.39 is 0 Å². The van der Waals surface area contributed by atoms with E-state index in [4.69, 9.17) is 19.4 Å². The third-order valence-corrected chi connectivity index (χ3v) is 8.12. The molecule has 0 saturated carbocycles. The molecule has 0 aliphatic carbocycles. The lowest BCUT2D eigenvalue weighted by atomic mass is 10.0. The van der Waals surface area contributed by atoms with Crippen molar-refractivity contribution < 1.29 is 14.3 Å². The van der Waals surface area contributed by atoms with Gasteiger partial charge in [0.05, 0.1) is 25.5 Å². The number of fused-ring (bicyclic) bond motifs is 2. The molecule has 0 bridgehead atoms. The highest BCUT2D eigenvalue weighted by Gasteiger charge is 2.29. The zero-order chi connectivity index (χ0) is 27.5. The molecule has 2 saturated heterocycles. The Bertz CT molecular complexity index is 1360. The number of amides is 1. The number of piperazine rings is 1. The van der Waals surface area contributed by atoms with E-state index in [0.29, 0.717) is 25.6 Å². The van der Waals surface area contributed by atoms with Gasteiger partial charge in [-0.15, -0.1) is 0 Å². The van der Waals surface area contributed by atoms with Crippen molar-refractivity contribution in [3.05, 3.63) is 66.4 Å². The molecule has 9 nitrogen and oxygen atoms in total. The molecule has 0 spiro atoms. The van der Waals surface area contributed by atoms with Gasteiger partial charge in [0.1, 0.15) is 11.9 Å². The molecule has 2 fully saturated rings. The second kappa shape index (κ2) is 11.8. The van der Waals surface area contributed by atoms with Crippen molar-refractivity contribution in [3.8, 4) is 6.01 Å². The number of carbonyl (C=O) groups excluding carboxylic acids is 1. The number of morpholine rings is 1. The van der Waals surface area contributed by atoms with Crippen LogP contribution in [0.1, 0.15) is 18.2 Å². The van der Waals surface area contributed by atoms with Gasteiger partial charge in [0, 0.05) is 69.0 Å². The van der Waals surface area contributed by atoms with Crippen LogP contribution in [0.5, 0.6) is 6.01 Å². The van der Waals surface area contributed by atoms with Crippen molar-refractivity contribution in [3.63, 3.8) is 0 Å². The highest BCUT2D eigenvalue weighted by Crippen LogP contribution is 2.34. The Hall–Kier alpha value is -3.69. The van der Waals surface area contributed by atoms with Crippen LogP contribution in [0.3, 0.4) is 0 Å². The Balaban J connectivity index is 1.28. The summed E-state index contributed by atoms with van der Waals surface area (Å²) >= 11 is 0. The number of benzene rings is 2. The summed E-state index contributed by atoms with van der Waals surface area (Å²) in [5, 5.41) is 2.49. The van der Waals surface area contributed by atoms with Crippen molar-refractivity contribution in [2.24, 2.45) is 0 Å². The smallest absolute Gasteiger partial charge is 0.318 e. The van der Waals surface area contributed by atoms with Gasteiger partial charge < -0.3 is 24.2 Å². The summed E-state index contributed by atoms with van der Waals surface area (Å²) < 4.78 is 11.9. The van der Waals surface area contributed by atoms with Crippen LogP contribution in [0, 0.1) is 0 Å². The van der Waals surface area contributed by atoms with Crippen molar-refractivity contribution in [1.82, 2.24) is 19.8 Å². The molecule has 3 aromatic rings. The lowest BCUT2D eigenvalue weighted by molar-refractivity contribution is -0.126. The van der Waals surface area contributed by atoms with Crippen LogP contribution >= 0.6 is 0 Å². The highest BCUT2D eigenvalue weighted by atomic mass is 16.5. The second-order valence-electron chi connectivity index (χ2n) is 10.8. The minimum Gasteiger partial charge on any atom is -0.459 e. The number of ether oxygens (including phenoxy) is 2. The molecular formula is C31H38N6O3. The third-order valence-electron chi connectivity index (χ3n) is 8.12. The van der Waals surface area contributed by atoms with Crippen molar-refractivity contribution >= 4 is 28.2 Å². The van der Waals surface area contributed by atoms with Crippen molar-refractivity contribution in [2.75, 3.05) is 75.4 Å². The zero-order valence-electron chi connectivity index (χ0n) is 23.3. The third kappa shape index (κ3) is 5.62. The summed E-state index contributed by atoms with van der Waals surface area (Å²) in [4.78, 5) is 31.1. The number of nitrogens with zero attached hydrogens (tertiary/aromatic N) is 6. The number of hydrogen-bond donors (Lipinski definition) is 0. The van der Waals surface area contributed by atoms with Crippen LogP contribution in [0.15, 0.2) is 55.1 Å². The standard InChI is InChI=1S/C31H38N6O3/c1-3-29(38)35-13-15-36(16-14-35)30-26-11-12-37(28-10-6-8-24-7-4-5-9-25(24)28)22-27(26)32-31(33-30)40-23(2)21-34-17-19-39-20-18-34/h3-10,23H,1,11-22H2,2H3/t23-/m1/s1. The lowest BCUT2D eigenvalue weighted by Crippen LogP contribution is -2.49. The fraction of sp³-hybridized carbons (Fsp3) is 0.452. The maximum atomic E-state index is 12.2. The van der Waals surface area contributed by atoms with E-state index in [-0.39, 0.29) is 12.0 Å². The Morgan fingerprint density at radius 2 is 1.77 bits per heavy atom. The SMILES string of the molecule is C=CC(=O)N1CCN(c2nc(O[C@H](C)CN3CCOCC3)nc3c2CCN(c2cccc4ccccc24)C3)CC1. The Labute approximate surface area is 236 Å². The van der Waals surface area contributed by atoms with Crippen LogP contribution in [-0.2, 0) is 22.5 Å². The average molecular weight is 543 g/mol. The van der Waals surface area contributed by atoms with E-state index in [1.165, 1.54) is 28.1 Å². The number of aromatic nitrogens is 2. The van der Waals surface area contributed by atoms with Gasteiger partial charge in [-0.05, 0) is 30.9 Å². The number of hydrogen-bond acceptors (Lipinski definition) is 8. The van der Waals surface area contributed by atoms with Gasteiger partial charge in [0.25, 0.3) is 0 Å². The minimum atomic E-state index is -0.0520. The first-order valence-corrected chi connectivity index (χ1v) is 14.3. The van der Waals surface area contributed by atoms with Gasteiger partial charge >= 0.3 is 6.01 Å². The Kier molecular flexibility index (Phi) is 7.84. The normalized spacial score (nSPS) is 18.9. The molecule has 4 heterocycles. The van der Waals surface area contributed by atoms with Crippen LogP contribution in [0.4, 0.5) is 11.5 Å². The van der Waals surface area contributed by atoms with E-state index in [0.717, 1.165) is 70.4 Å². The molecule has 1 atom stereocenters. The van der Waals surface area contributed by atoms with E-state index in [1.807, 2.05) is 4.90 Å². The molecule has 0 radical (unpaired) electrons. The molecule has 1 aromatic heterocycles. The van der Waals surface area contributed by atoms with Crippen LogP contribution in [0.2, 0.25) is 0 Å². The first-order valence-electron chi connectivity index (χ1n) is 14.3. The van der Waals surface area contributed by atoms with Crippen LogP contribution in [-0.4, -0.2) is 97.4 Å². The molecule has 0 unspecified atom stereocenters. The van der Waals surface area contributed by atoms with Gasteiger partial charge in [-0.3, -0.25) is 9.69 Å². The Morgan fingerprint density at radius 1 is 1.00 bits per heavy atom. The summed E-state index contributed by atoms with van der Waals surface area (Å²) in [7, 11) is 0. The highest BCUT2D eigenvalue weighted by molar-refractivity contribution is 5.94. The predicted octanol–water partition coefficient (Wildman–Crippen LogP) is 3.13. The average Bonchev–Trinajstić information content (AvgIpc) is 3.00. The first-order chi connectivity index (χ1) is 19.6. The predicted molar refractivity (Wildman–Crippen MR) is 157 cm³/mol. The van der Waals surface area contributed by atoms with Crippen molar-refractivity contribution in [2.45, 2.75) is 26.0 Å². The van der Waals surface area contributed by atoms with Crippen molar-refractivity contribution in [1.29, 1.82) is 0 Å². The molecule has 2 aromatic carbocycles. The van der Waals surface area contributed by atoms with Gasteiger partial charge in [-0.1, -0.05) is 43.0 Å². The quantitative estimate of drug-likeness (QED) is 0.422. The summed E-state index contributed by atoms with van der Waals surface area (Å²) in [5.74, 6) is 0.929. The van der Waals surface area contributed by atoms with E-state index >= 15 is 0 Å². The summed E-state index contributed by atoms with van der Waals surface area (Å²) in [6, 6.07) is 15.5. The molecule has 3 aliphatic heterocycles. The zero-order valence-corrected chi connectivity index (χ0v) is 23.3. The van der Waals surface area contributed by atoms with Crippen LogP contribution < -0.4 is 14.5 Å². The summed E-state index contributed by atoms with van der Waals surface area (Å²) in [5.41, 5.74) is 3.43. The van der Waals surface area contributed by atoms with Gasteiger partial charge in [0.15, 0.2) is 0 Å². The van der Waals surface area contributed by atoms with Gasteiger partial charge in [0.2, 0.25) is 5.91 Å². The van der Waals surface area contributed by atoms with Gasteiger partial charge in [-0.2, -0.15) is 9.97 Å². The van der Waals surface area contributed by atoms with E-state index in [1.54, 1.807) is 0 Å². The maximum Gasteiger partial charge on any atom is 0.318 e. The molecule has 9 heteroatoms. The van der Waals surface area contributed by atoms with E-state index in [9.17, 15) is 4.79 Å².